The van der Waals surface area contributed by atoms with Crippen LogP contribution in [0.25, 0.3) is 0 Å². The second-order valence-corrected chi connectivity index (χ2v) is 9.29. The molecule has 0 saturated carbocycles. The summed E-state index contributed by atoms with van der Waals surface area (Å²) in [4.78, 5) is 38.6. The predicted molar refractivity (Wildman–Crippen MR) is 117 cm³/mol. The van der Waals surface area contributed by atoms with Gasteiger partial charge in [0.25, 0.3) is 11.8 Å². The first kappa shape index (κ1) is 22.0. The lowest BCUT2D eigenvalue weighted by atomic mass is 10.0. The highest BCUT2D eigenvalue weighted by atomic mass is 32.2. The number of carbonyl (C=O) groups is 3. The summed E-state index contributed by atoms with van der Waals surface area (Å²) in [6.45, 7) is 0.220. The number of thioether (sulfide) groups is 2. The number of aromatic nitrogens is 8. The van der Waals surface area contributed by atoms with Gasteiger partial charge in [-0.25, -0.2) is 14.6 Å². The van der Waals surface area contributed by atoms with E-state index in [1.807, 2.05) is 0 Å². The fourth-order valence-corrected chi connectivity index (χ4v) is 5.91. The smallest absolute Gasteiger partial charge is 0.352 e. The normalized spacial score (nSPS) is 19.5. The number of benzene rings is 1. The number of β-lactam (4-membered cyclic amide) rings is 1. The minimum Gasteiger partial charge on any atom is -0.477 e. The number of nitrogens with zero attached hydrogens (tertiary/aromatic N) is 8. The number of carboxylic acids is 1. The summed E-state index contributed by atoms with van der Waals surface area (Å²) >= 11 is 2.64. The summed E-state index contributed by atoms with van der Waals surface area (Å²) in [7, 11) is 0. The Balaban J connectivity index is 1.28. The molecule has 1 saturated heterocycles. The number of hydrogen-bond acceptors (Lipinski definition) is 11. The highest BCUT2D eigenvalue weighted by molar-refractivity contribution is 8.01. The lowest BCUT2D eigenvalue weighted by Gasteiger charge is -2.49. The number of aliphatic carboxylic acids is 1. The van der Waals surface area contributed by atoms with Gasteiger partial charge in [0.2, 0.25) is 5.16 Å². The summed E-state index contributed by atoms with van der Waals surface area (Å²) in [6.07, 6.45) is 0. The molecule has 0 radical (unpaired) electrons. The molecule has 2 atom stereocenters. The maximum Gasteiger partial charge on any atom is 0.352 e. The molecule has 2 aliphatic rings. The Labute approximate surface area is 199 Å². The van der Waals surface area contributed by atoms with Gasteiger partial charge in [0.1, 0.15) is 23.7 Å². The van der Waals surface area contributed by atoms with Crippen molar-refractivity contribution in [1.82, 2.24) is 51.0 Å². The minimum atomic E-state index is -1.20. The monoisotopic (exact) mass is 500 g/mol. The van der Waals surface area contributed by atoms with Crippen molar-refractivity contribution in [2.24, 2.45) is 0 Å². The molecule has 2 aromatic heterocycles. The summed E-state index contributed by atoms with van der Waals surface area (Å²) in [6, 6.07) is 7.75. The average molecular weight is 501 g/mol. The second kappa shape index (κ2) is 9.22. The van der Waals surface area contributed by atoms with Crippen molar-refractivity contribution in [2.75, 3.05) is 11.5 Å². The van der Waals surface area contributed by atoms with E-state index >= 15 is 0 Å². The maximum atomic E-state index is 12.8. The zero-order valence-electron chi connectivity index (χ0n) is 17.2. The van der Waals surface area contributed by atoms with E-state index in [1.165, 1.54) is 33.1 Å². The fraction of sp³-hybridized carbons (Fsp3) is 0.278. The number of rotatable bonds is 8. The minimum absolute atomic E-state index is 0.0649. The van der Waals surface area contributed by atoms with Crippen molar-refractivity contribution in [2.45, 2.75) is 23.1 Å². The Bertz CT molecular complexity index is 1260. The van der Waals surface area contributed by atoms with E-state index in [4.69, 9.17) is 0 Å². The number of nitrogens with one attached hydrogen (secondary N) is 2. The number of H-pyrrole nitrogens is 1. The second-order valence-electron chi connectivity index (χ2n) is 7.24. The van der Waals surface area contributed by atoms with Crippen LogP contribution in [0, 0.1) is 0 Å². The van der Waals surface area contributed by atoms with Gasteiger partial charge in [-0.15, -0.1) is 22.0 Å². The molecule has 1 fully saturated rings. The number of aromatic amines is 1. The number of carboxylic acid groups (broad SMARTS) is 1. The number of amides is 2. The molecule has 0 aliphatic carbocycles. The van der Waals surface area contributed by atoms with Gasteiger partial charge in [-0.3, -0.25) is 14.5 Å². The Hall–Kier alpha value is -3.79. The van der Waals surface area contributed by atoms with Crippen LogP contribution in [0.1, 0.15) is 16.2 Å². The van der Waals surface area contributed by atoms with E-state index in [0.717, 1.165) is 0 Å². The Morgan fingerprint density at radius 1 is 1.24 bits per heavy atom. The molecule has 174 valence electrons. The van der Waals surface area contributed by atoms with E-state index in [-0.39, 0.29) is 23.9 Å². The van der Waals surface area contributed by atoms with Crippen LogP contribution in [0.5, 0.6) is 0 Å². The number of carbonyl (C=O) groups excluding carboxylic acids is 2. The first-order valence-corrected chi connectivity index (χ1v) is 11.9. The lowest BCUT2D eigenvalue weighted by molar-refractivity contribution is -0.148. The van der Waals surface area contributed by atoms with Crippen LogP contribution in [0.15, 0.2) is 46.8 Å². The van der Waals surface area contributed by atoms with Gasteiger partial charge in [0.15, 0.2) is 5.82 Å². The van der Waals surface area contributed by atoms with Crippen LogP contribution in [-0.4, -0.2) is 91.5 Å². The van der Waals surface area contributed by atoms with E-state index in [9.17, 15) is 19.5 Å². The molecule has 2 amide bonds. The lowest BCUT2D eigenvalue weighted by Crippen LogP contribution is -2.70. The van der Waals surface area contributed by atoms with Crippen LogP contribution >= 0.6 is 23.5 Å². The van der Waals surface area contributed by atoms with Crippen LogP contribution in [0.3, 0.4) is 0 Å². The summed E-state index contributed by atoms with van der Waals surface area (Å²) in [5.41, 5.74) is 0.931. The molecule has 14 nitrogen and oxygen atoms in total. The maximum absolute atomic E-state index is 12.8. The van der Waals surface area contributed by atoms with E-state index < -0.39 is 23.3 Å². The van der Waals surface area contributed by atoms with Crippen molar-refractivity contribution in [3.63, 3.8) is 0 Å². The molecular weight excluding hydrogens is 484 g/mol. The Morgan fingerprint density at radius 2 is 2.06 bits per heavy atom. The molecule has 16 heteroatoms. The molecule has 3 N–H and O–H groups in total. The third kappa shape index (κ3) is 4.12. The van der Waals surface area contributed by atoms with Crippen molar-refractivity contribution >= 4 is 41.3 Å². The first-order chi connectivity index (χ1) is 16.5. The van der Waals surface area contributed by atoms with Gasteiger partial charge in [-0.05, 0) is 38.6 Å². The molecule has 0 spiro atoms. The molecular formula is C18H16N10O4S2. The van der Waals surface area contributed by atoms with Crippen molar-refractivity contribution < 1.29 is 19.5 Å². The third-order valence-corrected chi connectivity index (χ3v) is 7.52. The van der Waals surface area contributed by atoms with Gasteiger partial charge in [0.05, 0.1) is 0 Å². The first-order valence-electron chi connectivity index (χ1n) is 9.90. The molecule has 0 bridgehead atoms. The highest BCUT2D eigenvalue weighted by Gasteiger charge is 2.54. The predicted octanol–water partition coefficient (Wildman–Crippen LogP) is -0.621. The van der Waals surface area contributed by atoms with Crippen molar-refractivity contribution in [3.8, 4) is 0 Å². The van der Waals surface area contributed by atoms with Crippen LogP contribution < -0.4 is 5.32 Å². The van der Waals surface area contributed by atoms with Crippen molar-refractivity contribution in [1.29, 1.82) is 0 Å². The van der Waals surface area contributed by atoms with E-state index in [2.05, 4.69) is 41.5 Å². The number of tetrazole rings is 2. The van der Waals surface area contributed by atoms with Crippen LogP contribution in [-0.2, 0) is 16.1 Å². The molecule has 2 aliphatic heterocycles. The molecule has 4 heterocycles. The van der Waals surface area contributed by atoms with Crippen LogP contribution in [0.4, 0.5) is 0 Å². The zero-order chi connectivity index (χ0) is 23.7. The standard InChI is InChI=1S/C18H16N10O4S2/c29-14(9-4-2-1-3-5-9)19-12-15(30)28-13(17(31)32)10(7-33-16(12)28)8-34-18-22-25-26-27(18)6-11-20-23-24-21-11/h1-5,12,16H,6-8H2,(H,19,29)(H,31,32)(H,20,21,23,24)/t12-,16+/m1/s1. The van der Waals surface area contributed by atoms with E-state index in [1.54, 1.807) is 30.3 Å². The van der Waals surface area contributed by atoms with Crippen LogP contribution in [0.2, 0.25) is 0 Å². The van der Waals surface area contributed by atoms with Gasteiger partial charge >= 0.3 is 5.97 Å². The largest absolute Gasteiger partial charge is 0.477 e. The molecule has 3 aromatic rings. The zero-order valence-corrected chi connectivity index (χ0v) is 18.9. The highest BCUT2D eigenvalue weighted by Crippen LogP contribution is 2.41. The summed E-state index contributed by atoms with van der Waals surface area (Å²) in [5, 5.41) is 37.5. The molecule has 0 unspecified atom stereocenters. The quantitative estimate of drug-likeness (QED) is 0.263. The summed E-state index contributed by atoms with van der Waals surface area (Å²) in [5.74, 6) is -0.922. The Kier molecular flexibility index (Phi) is 5.97. The van der Waals surface area contributed by atoms with Crippen molar-refractivity contribution in [3.05, 3.63) is 53.0 Å². The average Bonchev–Trinajstić information content (AvgIpc) is 3.53. The van der Waals surface area contributed by atoms with Gasteiger partial charge in [0, 0.05) is 17.1 Å². The molecule has 5 rings (SSSR count). The molecule has 34 heavy (non-hydrogen) atoms. The van der Waals surface area contributed by atoms with Gasteiger partial charge < -0.3 is 10.4 Å². The summed E-state index contributed by atoms with van der Waals surface area (Å²) < 4.78 is 1.48. The Morgan fingerprint density at radius 3 is 2.79 bits per heavy atom. The van der Waals surface area contributed by atoms with Gasteiger partial charge in [-0.2, -0.15) is 0 Å². The fourth-order valence-electron chi connectivity index (χ4n) is 3.55. The number of fused-ring (bicyclic) bond motifs is 1. The van der Waals surface area contributed by atoms with E-state index in [0.29, 0.717) is 27.9 Å². The topological polar surface area (TPSA) is 185 Å². The SMILES string of the molecule is O=C(O)C1=C(CSc2nnnn2Cc2nnn[nH]2)CS[C@H]2[C@H](NC(=O)c3ccccc3)C(=O)N12. The third-order valence-electron chi connectivity index (χ3n) is 5.14. The number of hydrogen-bond donors (Lipinski definition) is 3. The molecule has 1 aromatic carbocycles. The van der Waals surface area contributed by atoms with Gasteiger partial charge in [-0.1, -0.05) is 30.0 Å².